The van der Waals surface area contributed by atoms with Gasteiger partial charge in [-0.25, -0.2) is 4.79 Å². The molecule has 1 aliphatic heterocycles. The van der Waals surface area contributed by atoms with E-state index in [9.17, 15) is 25.1 Å². The van der Waals surface area contributed by atoms with E-state index in [0.29, 0.717) is 56.2 Å². The van der Waals surface area contributed by atoms with Crippen molar-refractivity contribution in [2.24, 2.45) is 22.9 Å². The van der Waals surface area contributed by atoms with E-state index in [1.54, 1.807) is 24.3 Å². The van der Waals surface area contributed by atoms with Crippen LogP contribution in [0.3, 0.4) is 0 Å². The number of benzene rings is 2. The number of unbranched alkanes of at least 4 members (excludes halogenated alkanes) is 2. The Kier molecular flexibility index (Phi) is 16.1. The number of nitro groups is 1. The fourth-order valence-electron chi connectivity index (χ4n) is 8.77. The zero-order valence-electron chi connectivity index (χ0n) is 33.5. The number of nitrogens with zero attached hydrogens (tertiary/aromatic N) is 3. The van der Waals surface area contributed by atoms with Crippen molar-refractivity contribution in [1.29, 1.82) is 0 Å². The number of amides is 2. The first-order valence-corrected chi connectivity index (χ1v) is 20.5. The van der Waals surface area contributed by atoms with Crippen LogP contribution in [0.4, 0.5) is 10.5 Å². The summed E-state index contributed by atoms with van der Waals surface area (Å²) < 4.78 is 20.3. The van der Waals surface area contributed by atoms with Gasteiger partial charge in [0.25, 0.3) is 5.69 Å². The molecule has 13 nitrogen and oxygen atoms in total. The minimum atomic E-state index is -1.36. The lowest BCUT2D eigenvalue weighted by Crippen LogP contribution is -2.70. The molecular weight excluding hydrogens is 729 g/mol. The zero-order chi connectivity index (χ0) is 40.8. The number of oxime groups is 1. The van der Waals surface area contributed by atoms with E-state index in [4.69, 9.17) is 24.2 Å². The van der Waals surface area contributed by atoms with E-state index in [1.807, 2.05) is 30.9 Å². The lowest BCUT2D eigenvalue weighted by molar-refractivity contribution is -0.384. The largest absolute Gasteiger partial charge is 0.490 e. The van der Waals surface area contributed by atoms with Crippen LogP contribution in [0.1, 0.15) is 88.7 Å². The Morgan fingerprint density at radius 1 is 1.05 bits per heavy atom. The van der Waals surface area contributed by atoms with E-state index in [2.05, 4.69) is 30.6 Å². The molecule has 0 aromatic heterocycles. The third kappa shape index (κ3) is 10.1. The Balaban J connectivity index is 1.74. The molecule has 1 fully saturated rings. The Labute approximate surface area is 336 Å². The predicted octanol–water partition coefficient (Wildman–Crippen LogP) is 7.83. The second kappa shape index (κ2) is 21.2. The van der Waals surface area contributed by atoms with Crippen molar-refractivity contribution in [2.75, 3.05) is 39.5 Å². The average molecular weight is 789 g/mol. The maximum absolute atomic E-state index is 14.2. The Morgan fingerprint density at radius 3 is 2.46 bits per heavy atom. The van der Waals surface area contributed by atoms with Gasteiger partial charge in [-0.3, -0.25) is 10.1 Å². The van der Waals surface area contributed by atoms with Gasteiger partial charge in [0.2, 0.25) is 5.79 Å². The number of ether oxygens (including phenoxy) is 3. The van der Waals surface area contributed by atoms with Crippen molar-refractivity contribution in [2.45, 2.75) is 96.0 Å². The molecule has 0 radical (unpaired) electrons. The summed E-state index contributed by atoms with van der Waals surface area (Å²) in [6.45, 7) is 13.6. The van der Waals surface area contributed by atoms with Crippen LogP contribution in [0.15, 0.2) is 84.6 Å². The SMILES string of the molecule is C=CCOc1ccc2c(c1)C1C(CCCCO)C(CCCCO)C=C3C(=NOCc4ccc([N+](=O)[O-])cc4)CC(N(CCC)C(=O)NCCC)C(OCC=C)(O2)C31. The summed E-state index contributed by atoms with van der Waals surface area (Å²) in [5.41, 5.74) is 3.27. The fourth-order valence-corrected chi connectivity index (χ4v) is 8.77. The minimum Gasteiger partial charge on any atom is -0.490 e. The van der Waals surface area contributed by atoms with Gasteiger partial charge < -0.3 is 39.5 Å². The maximum atomic E-state index is 14.2. The Morgan fingerprint density at radius 2 is 1.79 bits per heavy atom. The maximum Gasteiger partial charge on any atom is 0.317 e. The van der Waals surface area contributed by atoms with E-state index in [1.165, 1.54) is 12.1 Å². The first-order valence-electron chi connectivity index (χ1n) is 20.5. The summed E-state index contributed by atoms with van der Waals surface area (Å²) in [5.74, 6) is -0.522. The number of nitro benzene ring substituents is 1. The highest BCUT2D eigenvalue weighted by atomic mass is 16.7. The number of hydrogen-bond donors (Lipinski definition) is 3. The molecule has 57 heavy (non-hydrogen) atoms. The van der Waals surface area contributed by atoms with E-state index in [-0.39, 0.29) is 62.3 Å². The topological polar surface area (TPSA) is 165 Å². The standard InChI is InChI=1S/C44H60N4O9/c1-5-21-45-43(51)47(22-6-2)40-29-38(46-56-30-31-15-17-33(18-16-31)48(52)53)36-27-32(13-9-11-23-49)35(14-10-12-24-50)41-37-28-34(54-25-7-3)19-20-39(37)57-44(40,42(36)41)55-26-8-4/h7-8,15-20,27-28,32,35,40-42,49-50H,3-6,9-14,21-26,29-30H2,1-2H3,(H,45,51). The number of aliphatic hydroxyl groups excluding tert-OH is 2. The molecule has 2 amide bonds. The molecule has 0 saturated heterocycles. The summed E-state index contributed by atoms with van der Waals surface area (Å²) >= 11 is 0. The van der Waals surface area contributed by atoms with Crippen molar-refractivity contribution >= 4 is 17.4 Å². The van der Waals surface area contributed by atoms with Gasteiger partial charge in [-0.2, -0.15) is 0 Å². The van der Waals surface area contributed by atoms with Crippen molar-refractivity contribution < 1.29 is 39.0 Å². The van der Waals surface area contributed by atoms with Gasteiger partial charge in [0.1, 0.15) is 30.8 Å². The second-order valence-corrected chi connectivity index (χ2v) is 15.0. The van der Waals surface area contributed by atoms with E-state index < -0.39 is 22.7 Å². The average Bonchev–Trinajstić information content (AvgIpc) is 3.22. The van der Waals surface area contributed by atoms with Crippen molar-refractivity contribution in [3.63, 3.8) is 0 Å². The number of aliphatic hydroxyl groups is 2. The van der Waals surface area contributed by atoms with E-state index >= 15 is 0 Å². The molecule has 1 saturated carbocycles. The number of carbonyl (C=O) groups is 1. The van der Waals surface area contributed by atoms with E-state index in [0.717, 1.165) is 48.8 Å². The van der Waals surface area contributed by atoms with Gasteiger partial charge in [0.15, 0.2) is 0 Å². The van der Waals surface area contributed by atoms with Crippen LogP contribution in [0.2, 0.25) is 0 Å². The monoisotopic (exact) mass is 788 g/mol. The third-order valence-corrected chi connectivity index (χ3v) is 11.2. The Hall–Kier alpha value is -4.72. The quantitative estimate of drug-likeness (QED) is 0.0441. The molecule has 13 heteroatoms. The molecular formula is C44H60N4O9. The molecule has 3 aliphatic rings. The summed E-state index contributed by atoms with van der Waals surface area (Å²) in [7, 11) is 0. The molecule has 2 aliphatic carbocycles. The van der Waals surface area contributed by atoms with Gasteiger partial charge in [0.05, 0.1) is 23.2 Å². The third-order valence-electron chi connectivity index (χ3n) is 11.2. The van der Waals surface area contributed by atoms with Crippen LogP contribution in [0, 0.1) is 27.9 Å². The lowest BCUT2D eigenvalue weighted by Gasteiger charge is -2.60. The van der Waals surface area contributed by atoms with Gasteiger partial charge in [-0.1, -0.05) is 56.7 Å². The highest BCUT2D eigenvalue weighted by Crippen LogP contribution is 2.62. The van der Waals surface area contributed by atoms with Crippen molar-refractivity contribution in [1.82, 2.24) is 10.2 Å². The van der Waals surface area contributed by atoms with Gasteiger partial charge in [-0.15, -0.1) is 6.58 Å². The number of urea groups is 1. The summed E-state index contributed by atoms with van der Waals surface area (Å²) in [6.07, 6.45) is 12.0. The molecule has 0 bridgehead atoms. The minimum absolute atomic E-state index is 0.0109. The predicted molar refractivity (Wildman–Crippen MR) is 219 cm³/mol. The van der Waals surface area contributed by atoms with Crippen LogP contribution in [0.5, 0.6) is 11.5 Å². The van der Waals surface area contributed by atoms with Crippen LogP contribution in [-0.2, 0) is 16.2 Å². The van der Waals surface area contributed by atoms with Crippen LogP contribution < -0.4 is 14.8 Å². The summed E-state index contributed by atoms with van der Waals surface area (Å²) in [5, 5.41) is 38.9. The molecule has 2 aromatic rings. The van der Waals surface area contributed by atoms with Gasteiger partial charge in [-0.05, 0) is 91.8 Å². The smallest absolute Gasteiger partial charge is 0.317 e. The number of nitrogens with one attached hydrogen (secondary N) is 1. The van der Waals surface area contributed by atoms with Gasteiger partial charge >= 0.3 is 6.03 Å². The highest BCUT2D eigenvalue weighted by Gasteiger charge is 2.65. The number of allylic oxidation sites excluding steroid dienone is 1. The molecule has 2 aromatic carbocycles. The first kappa shape index (κ1) is 43.4. The van der Waals surface area contributed by atoms with Crippen molar-refractivity contribution in [3.05, 3.63) is 101 Å². The fraction of sp³-hybridized carbons (Fsp3) is 0.545. The normalized spacial score (nSPS) is 24.0. The van der Waals surface area contributed by atoms with Crippen LogP contribution >= 0.6 is 0 Å². The zero-order valence-corrected chi connectivity index (χ0v) is 33.5. The first-order chi connectivity index (χ1) is 27.8. The molecule has 6 atom stereocenters. The van der Waals surface area contributed by atoms with Crippen molar-refractivity contribution in [3.8, 4) is 11.5 Å². The number of non-ortho nitro benzene ring substituents is 1. The Bertz CT molecular complexity index is 1730. The van der Waals surface area contributed by atoms with Crippen LogP contribution in [-0.4, -0.2) is 83.1 Å². The molecule has 310 valence electrons. The summed E-state index contributed by atoms with van der Waals surface area (Å²) in [6, 6.07) is 11.2. The number of hydrogen-bond acceptors (Lipinski definition) is 10. The summed E-state index contributed by atoms with van der Waals surface area (Å²) in [4.78, 5) is 33.0. The second-order valence-electron chi connectivity index (χ2n) is 15.0. The van der Waals surface area contributed by atoms with Gasteiger partial charge in [0, 0.05) is 56.3 Å². The number of fused-ring (bicyclic) bond motifs is 2. The number of rotatable bonds is 23. The highest BCUT2D eigenvalue weighted by molar-refractivity contribution is 6.03. The molecule has 5 rings (SSSR count). The molecule has 6 unspecified atom stereocenters. The van der Waals surface area contributed by atoms with Crippen LogP contribution in [0.25, 0.3) is 0 Å². The molecule has 1 heterocycles. The lowest BCUT2D eigenvalue weighted by atomic mass is 9.55. The number of carbonyl (C=O) groups excluding carboxylic acids is 1. The molecule has 3 N–H and O–H groups in total. The molecule has 0 spiro atoms.